The first kappa shape index (κ1) is 29.4. The van der Waals surface area contributed by atoms with Gasteiger partial charge < -0.3 is 15.1 Å². The van der Waals surface area contributed by atoms with Gasteiger partial charge in [0, 0.05) is 17.8 Å². The SMILES string of the molecule is CCCCCCCC(O)ON=CC(=O)N(c1ccc(C(=O)O)cc1)c1ccc2c(c1)C(C)(C)CCC2(C)C. The zero-order chi connectivity index (χ0) is 27.9. The third kappa shape index (κ3) is 7.22. The molecule has 7 heteroatoms. The number of hydrogen-bond acceptors (Lipinski definition) is 5. The Bertz CT molecular complexity index is 1140. The fraction of sp³-hybridized carbons (Fsp3) is 0.516. The number of aliphatic hydroxyl groups is 1. The number of benzene rings is 2. The third-order valence-electron chi connectivity index (χ3n) is 7.59. The number of aromatic carboxylic acids is 1. The number of hydrogen-bond donors (Lipinski definition) is 2. The molecule has 0 heterocycles. The summed E-state index contributed by atoms with van der Waals surface area (Å²) in [6, 6.07) is 12.2. The first-order chi connectivity index (χ1) is 18.0. The monoisotopic (exact) mass is 522 g/mol. The van der Waals surface area contributed by atoms with Gasteiger partial charge in [0.1, 0.15) is 6.21 Å². The summed E-state index contributed by atoms with van der Waals surface area (Å²) in [5, 5.41) is 23.2. The lowest BCUT2D eigenvalue weighted by Crippen LogP contribution is -2.34. The molecule has 0 bridgehead atoms. The summed E-state index contributed by atoms with van der Waals surface area (Å²) in [4.78, 5) is 31.4. The van der Waals surface area contributed by atoms with Gasteiger partial charge in [0.15, 0.2) is 0 Å². The predicted molar refractivity (Wildman–Crippen MR) is 151 cm³/mol. The van der Waals surface area contributed by atoms with E-state index in [2.05, 4.69) is 51.9 Å². The number of fused-ring (bicyclic) bond motifs is 1. The van der Waals surface area contributed by atoms with Gasteiger partial charge in [0.25, 0.3) is 5.91 Å². The van der Waals surface area contributed by atoms with Gasteiger partial charge >= 0.3 is 5.97 Å². The van der Waals surface area contributed by atoms with Crippen molar-refractivity contribution in [3.05, 3.63) is 59.2 Å². The quantitative estimate of drug-likeness (QED) is 0.134. The molecule has 1 aliphatic carbocycles. The Kier molecular flexibility index (Phi) is 9.71. The van der Waals surface area contributed by atoms with Crippen molar-refractivity contribution in [3.63, 3.8) is 0 Å². The second-order valence-electron chi connectivity index (χ2n) is 11.5. The van der Waals surface area contributed by atoms with Gasteiger partial charge in [0.05, 0.1) is 5.56 Å². The maximum absolute atomic E-state index is 13.4. The average molecular weight is 523 g/mol. The zero-order valence-electron chi connectivity index (χ0n) is 23.4. The highest BCUT2D eigenvalue weighted by Crippen LogP contribution is 2.47. The minimum atomic E-state index is -1.07. The molecule has 1 amide bonds. The van der Waals surface area contributed by atoms with E-state index in [0.717, 1.165) is 44.7 Å². The maximum atomic E-state index is 13.4. The van der Waals surface area contributed by atoms with Gasteiger partial charge in [-0.15, -0.1) is 0 Å². The molecule has 206 valence electrons. The molecule has 7 nitrogen and oxygen atoms in total. The van der Waals surface area contributed by atoms with Crippen LogP contribution in [0.2, 0.25) is 0 Å². The first-order valence-electron chi connectivity index (χ1n) is 13.7. The van der Waals surface area contributed by atoms with E-state index in [-0.39, 0.29) is 16.4 Å². The Balaban J connectivity index is 1.87. The molecule has 1 unspecified atom stereocenters. The lowest BCUT2D eigenvalue weighted by atomic mass is 9.63. The number of carbonyl (C=O) groups excluding carboxylic acids is 1. The van der Waals surface area contributed by atoms with Gasteiger partial charge in [-0.25, -0.2) is 4.79 Å². The summed E-state index contributed by atoms with van der Waals surface area (Å²) >= 11 is 0. The minimum Gasteiger partial charge on any atom is -0.478 e. The van der Waals surface area contributed by atoms with Gasteiger partial charge in [-0.2, -0.15) is 0 Å². The predicted octanol–water partition coefficient (Wildman–Crippen LogP) is 7.08. The maximum Gasteiger partial charge on any atom is 0.335 e. The van der Waals surface area contributed by atoms with Crippen molar-refractivity contribution in [1.82, 2.24) is 0 Å². The number of aliphatic hydroxyl groups excluding tert-OH is 1. The molecule has 0 saturated heterocycles. The van der Waals surface area contributed by atoms with Crippen LogP contribution in [0, 0.1) is 0 Å². The molecule has 2 N–H and O–H groups in total. The van der Waals surface area contributed by atoms with Crippen molar-refractivity contribution < 1.29 is 24.6 Å². The lowest BCUT2D eigenvalue weighted by molar-refractivity contribution is -0.113. The highest BCUT2D eigenvalue weighted by molar-refractivity contribution is 6.34. The molecule has 1 aliphatic rings. The van der Waals surface area contributed by atoms with E-state index in [1.165, 1.54) is 34.6 Å². The fourth-order valence-electron chi connectivity index (χ4n) is 5.05. The summed E-state index contributed by atoms with van der Waals surface area (Å²) in [6.07, 6.45) is 7.83. The standard InChI is InChI=1S/C31H42N2O5/c1-6-7-8-9-10-11-28(35)38-32-21-27(34)33(23-14-12-22(13-15-23)29(36)37)24-16-17-25-26(20-24)31(4,5)19-18-30(25,2)3/h12-17,20-21,28,35H,6-11,18-19H2,1-5H3,(H,36,37). The number of carbonyl (C=O) groups is 2. The fourth-order valence-corrected chi connectivity index (χ4v) is 5.05. The van der Waals surface area contributed by atoms with Crippen LogP contribution in [0.15, 0.2) is 47.6 Å². The molecule has 38 heavy (non-hydrogen) atoms. The van der Waals surface area contributed by atoms with E-state index < -0.39 is 18.2 Å². The van der Waals surface area contributed by atoms with Gasteiger partial charge in [-0.05, 0) is 77.6 Å². The largest absolute Gasteiger partial charge is 0.478 e. The van der Waals surface area contributed by atoms with Gasteiger partial charge in [-0.3, -0.25) is 9.69 Å². The molecule has 2 aromatic carbocycles. The van der Waals surface area contributed by atoms with Crippen LogP contribution in [0.1, 0.15) is 107 Å². The molecule has 0 radical (unpaired) electrons. The second-order valence-corrected chi connectivity index (χ2v) is 11.5. The normalized spacial score (nSPS) is 16.6. The van der Waals surface area contributed by atoms with Crippen molar-refractivity contribution in [2.75, 3.05) is 4.90 Å². The van der Waals surface area contributed by atoms with Crippen LogP contribution >= 0.6 is 0 Å². The third-order valence-corrected chi connectivity index (χ3v) is 7.59. The van der Waals surface area contributed by atoms with E-state index in [1.54, 1.807) is 12.1 Å². The van der Waals surface area contributed by atoms with E-state index in [4.69, 9.17) is 4.84 Å². The number of oxime groups is 1. The summed E-state index contributed by atoms with van der Waals surface area (Å²) in [5.41, 5.74) is 3.74. The van der Waals surface area contributed by atoms with Crippen LogP contribution in [0.3, 0.4) is 0 Å². The number of amides is 1. The van der Waals surface area contributed by atoms with E-state index >= 15 is 0 Å². The Morgan fingerprint density at radius 2 is 1.55 bits per heavy atom. The molecule has 0 saturated carbocycles. The van der Waals surface area contributed by atoms with Crippen LogP contribution in [-0.2, 0) is 20.5 Å². The Hall–Kier alpha value is -3.19. The van der Waals surface area contributed by atoms with Crippen molar-refractivity contribution in [1.29, 1.82) is 0 Å². The molecule has 0 aliphatic heterocycles. The molecule has 0 fully saturated rings. The van der Waals surface area contributed by atoms with Crippen LogP contribution in [0.5, 0.6) is 0 Å². The van der Waals surface area contributed by atoms with Crippen molar-refractivity contribution in [2.24, 2.45) is 5.16 Å². The van der Waals surface area contributed by atoms with Gasteiger partial charge in [-0.1, -0.05) is 71.5 Å². The zero-order valence-corrected chi connectivity index (χ0v) is 23.4. The highest BCUT2D eigenvalue weighted by atomic mass is 16.7. The van der Waals surface area contributed by atoms with Gasteiger partial charge in [0.2, 0.25) is 6.29 Å². The lowest BCUT2D eigenvalue weighted by Gasteiger charge is -2.42. The molecule has 3 rings (SSSR count). The molecular formula is C31H42N2O5. The molecule has 2 aromatic rings. The van der Waals surface area contributed by atoms with E-state index in [1.807, 2.05) is 6.07 Å². The summed E-state index contributed by atoms with van der Waals surface area (Å²) in [5.74, 6) is -1.50. The van der Waals surface area contributed by atoms with Crippen molar-refractivity contribution >= 4 is 29.5 Å². The molecular weight excluding hydrogens is 480 g/mol. The van der Waals surface area contributed by atoms with E-state index in [9.17, 15) is 19.8 Å². The summed E-state index contributed by atoms with van der Waals surface area (Å²) in [6.45, 7) is 11.1. The number of unbranched alkanes of at least 4 members (excludes halogenated alkanes) is 4. The van der Waals surface area contributed by atoms with Crippen LogP contribution in [0.4, 0.5) is 11.4 Å². The Labute approximate surface area is 226 Å². The van der Waals surface area contributed by atoms with Crippen LogP contribution in [-0.4, -0.2) is 34.6 Å². The Morgan fingerprint density at radius 1 is 0.947 bits per heavy atom. The van der Waals surface area contributed by atoms with Crippen LogP contribution in [0.25, 0.3) is 0 Å². The number of nitrogens with zero attached hydrogens (tertiary/aromatic N) is 2. The topological polar surface area (TPSA) is 99.4 Å². The molecule has 0 aromatic heterocycles. The Morgan fingerprint density at radius 3 is 2.18 bits per heavy atom. The van der Waals surface area contributed by atoms with Crippen molar-refractivity contribution in [3.8, 4) is 0 Å². The summed E-state index contributed by atoms with van der Waals surface area (Å²) < 4.78 is 0. The molecule has 0 spiro atoms. The first-order valence-corrected chi connectivity index (χ1v) is 13.7. The number of anilines is 2. The average Bonchev–Trinajstić information content (AvgIpc) is 2.87. The van der Waals surface area contributed by atoms with E-state index in [0.29, 0.717) is 17.8 Å². The van der Waals surface area contributed by atoms with Crippen LogP contribution < -0.4 is 4.90 Å². The highest BCUT2D eigenvalue weighted by Gasteiger charge is 2.37. The van der Waals surface area contributed by atoms with Crippen molar-refractivity contribution in [2.45, 2.75) is 103 Å². The smallest absolute Gasteiger partial charge is 0.335 e. The summed E-state index contributed by atoms with van der Waals surface area (Å²) in [7, 11) is 0. The minimum absolute atomic E-state index is 0.0311. The number of carboxylic acids is 1. The molecule has 1 atom stereocenters. The second kappa shape index (κ2) is 12.6. The number of rotatable bonds is 12. The number of carboxylic acid groups (broad SMARTS) is 1.